The first-order valence-corrected chi connectivity index (χ1v) is 7.55. The molecule has 0 bridgehead atoms. The Morgan fingerprint density at radius 2 is 2.35 bits per heavy atom. The summed E-state index contributed by atoms with van der Waals surface area (Å²) in [5.74, 6) is -0.104. The maximum absolute atomic E-state index is 11.5. The molecule has 3 heterocycles. The molecule has 0 amide bonds. The molecular formula is C15H20N4O4. The predicted molar refractivity (Wildman–Crippen MR) is 81.4 cm³/mol. The lowest BCUT2D eigenvalue weighted by Crippen LogP contribution is -2.21. The molecule has 2 aromatic rings. The first kappa shape index (κ1) is 15.7. The number of nitrogens with two attached hydrogens (primary N) is 1. The van der Waals surface area contributed by atoms with Gasteiger partial charge in [-0.3, -0.25) is 4.79 Å². The van der Waals surface area contributed by atoms with Crippen molar-refractivity contribution in [3.8, 4) is 0 Å². The van der Waals surface area contributed by atoms with Crippen molar-refractivity contribution in [1.29, 1.82) is 0 Å². The zero-order chi connectivity index (χ0) is 16.6. The molecule has 0 aromatic carbocycles. The number of anilines is 1. The highest BCUT2D eigenvalue weighted by atomic mass is 16.6. The molecule has 3 unspecified atom stereocenters. The second kappa shape index (κ2) is 6.13. The number of esters is 1. The maximum Gasteiger partial charge on any atom is 0.308 e. The molecule has 0 spiro atoms. The number of ether oxygens (including phenoxy) is 2. The minimum Gasteiger partial charge on any atom is -0.463 e. The van der Waals surface area contributed by atoms with Gasteiger partial charge in [0.25, 0.3) is 0 Å². The van der Waals surface area contributed by atoms with Crippen molar-refractivity contribution < 1.29 is 19.4 Å². The molecule has 1 saturated heterocycles. The van der Waals surface area contributed by atoms with Gasteiger partial charge in [0.1, 0.15) is 24.6 Å². The van der Waals surface area contributed by atoms with Gasteiger partial charge in [-0.1, -0.05) is 13.8 Å². The van der Waals surface area contributed by atoms with E-state index in [1.54, 1.807) is 30.5 Å². The number of aliphatic hydroxyl groups excluding tert-OH is 1. The fraction of sp³-hybridized carbons (Fsp3) is 0.533. The van der Waals surface area contributed by atoms with Gasteiger partial charge in [0.15, 0.2) is 5.82 Å². The predicted octanol–water partition coefficient (Wildman–Crippen LogP) is 0.702. The van der Waals surface area contributed by atoms with Gasteiger partial charge in [0.2, 0.25) is 0 Å². The Bertz CT molecular complexity index is 715. The number of aliphatic hydroxyl groups is 1. The molecule has 8 nitrogen and oxygen atoms in total. The third kappa shape index (κ3) is 2.99. The molecule has 3 rings (SSSR count). The molecule has 0 radical (unpaired) electrons. The summed E-state index contributed by atoms with van der Waals surface area (Å²) >= 11 is 0. The molecular weight excluding hydrogens is 300 g/mol. The summed E-state index contributed by atoms with van der Waals surface area (Å²) in [6.45, 7) is 3.67. The molecule has 1 aliphatic rings. The van der Waals surface area contributed by atoms with E-state index in [0.29, 0.717) is 23.4 Å². The lowest BCUT2D eigenvalue weighted by molar-refractivity contribution is -0.151. The molecule has 1 fully saturated rings. The van der Waals surface area contributed by atoms with Crippen LogP contribution in [-0.4, -0.2) is 44.5 Å². The molecule has 0 aliphatic carbocycles. The zero-order valence-corrected chi connectivity index (χ0v) is 13.0. The third-order valence-corrected chi connectivity index (χ3v) is 3.88. The van der Waals surface area contributed by atoms with Crippen LogP contribution in [0.1, 0.15) is 32.1 Å². The van der Waals surface area contributed by atoms with Gasteiger partial charge in [-0.15, -0.1) is 0 Å². The minimum atomic E-state index is -0.702. The molecule has 8 heteroatoms. The summed E-state index contributed by atoms with van der Waals surface area (Å²) in [4.78, 5) is 15.5. The lowest BCUT2D eigenvalue weighted by atomic mass is 10.1. The van der Waals surface area contributed by atoms with Crippen LogP contribution in [0, 0.1) is 5.92 Å². The second-order valence-electron chi connectivity index (χ2n) is 5.97. The van der Waals surface area contributed by atoms with E-state index in [9.17, 15) is 9.90 Å². The fourth-order valence-electron chi connectivity index (χ4n) is 2.65. The third-order valence-electron chi connectivity index (χ3n) is 3.88. The number of fused-ring (bicyclic) bond motifs is 1. The number of hydrogen-bond donors (Lipinski definition) is 2. The summed E-state index contributed by atoms with van der Waals surface area (Å²) in [5, 5.41) is 14.4. The van der Waals surface area contributed by atoms with Crippen LogP contribution in [-0.2, 0) is 14.3 Å². The molecule has 124 valence electrons. The highest BCUT2D eigenvalue weighted by Gasteiger charge is 2.37. The van der Waals surface area contributed by atoms with Gasteiger partial charge < -0.3 is 20.3 Å². The van der Waals surface area contributed by atoms with Crippen molar-refractivity contribution in [2.24, 2.45) is 5.92 Å². The number of hydrogen-bond acceptors (Lipinski definition) is 7. The molecule has 3 N–H and O–H groups in total. The van der Waals surface area contributed by atoms with Gasteiger partial charge in [0, 0.05) is 6.42 Å². The normalized spacial score (nSPS) is 24.4. The van der Waals surface area contributed by atoms with Crippen molar-refractivity contribution in [2.75, 3.05) is 12.3 Å². The van der Waals surface area contributed by atoms with Crippen LogP contribution in [0.15, 0.2) is 18.5 Å². The molecule has 1 aliphatic heterocycles. The Hall–Kier alpha value is -2.19. The number of nitrogen functional groups attached to an aromatic ring is 1. The van der Waals surface area contributed by atoms with E-state index in [1.807, 2.05) is 0 Å². The zero-order valence-electron chi connectivity index (χ0n) is 13.0. The number of carbonyl (C=O) groups excluding carboxylic acids is 1. The molecule has 0 saturated carbocycles. The average molecular weight is 320 g/mol. The van der Waals surface area contributed by atoms with Crippen molar-refractivity contribution in [1.82, 2.24) is 14.6 Å². The smallest absolute Gasteiger partial charge is 0.308 e. The van der Waals surface area contributed by atoms with Crippen LogP contribution in [0.3, 0.4) is 0 Å². The van der Waals surface area contributed by atoms with Crippen molar-refractivity contribution in [3.05, 3.63) is 24.2 Å². The fourth-order valence-corrected chi connectivity index (χ4v) is 2.65. The Kier molecular flexibility index (Phi) is 4.18. The van der Waals surface area contributed by atoms with Gasteiger partial charge in [-0.25, -0.2) is 9.50 Å². The van der Waals surface area contributed by atoms with E-state index >= 15 is 0 Å². The summed E-state index contributed by atoms with van der Waals surface area (Å²) in [6, 6.07) is 3.59. The molecule has 2 aromatic heterocycles. The summed E-state index contributed by atoms with van der Waals surface area (Å²) in [7, 11) is 0. The largest absolute Gasteiger partial charge is 0.463 e. The average Bonchev–Trinajstić information content (AvgIpc) is 3.08. The van der Waals surface area contributed by atoms with E-state index in [0.717, 1.165) is 0 Å². The van der Waals surface area contributed by atoms with Crippen molar-refractivity contribution >= 4 is 17.3 Å². The van der Waals surface area contributed by atoms with E-state index < -0.39 is 12.2 Å². The topological polar surface area (TPSA) is 112 Å². The highest BCUT2D eigenvalue weighted by molar-refractivity contribution is 5.71. The van der Waals surface area contributed by atoms with E-state index in [2.05, 4.69) is 10.1 Å². The Morgan fingerprint density at radius 3 is 3.09 bits per heavy atom. The first-order valence-electron chi connectivity index (χ1n) is 7.55. The Balaban J connectivity index is 1.73. The van der Waals surface area contributed by atoms with E-state index in [1.165, 1.54) is 6.33 Å². The van der Waals surface area contributed by atoms with Crippen LogP contribution in [0.4, 0.5) is 5.82 Å². The Labute approximate surface area is 133 Å². The monoisotopic (exact) mass is 320 g/mol. The van der Waals surface area contributed by atoms with Gasteiger partial charge in [0.05, 0.1) is 23.8 Å². The number of nitrogens with zero attached hydrogens (tertiary/aromatic N) is 3. The quantitative estimate of drug-likeness (QED) is 0.797. The van der Waals surface area contributed by atoms with Crippen molar-refractivity contribution in [2.45, 2.75) is 38.6 Å². The summed E-state index contributed by atoms with van der Waals surface area (Å²) in [5.41, 5.74) is 7.16. The van der Waals surface area contributed by atoms with Gasteiger partial charge in [-0.05, 0) is 12.1 Å². The standard InChI is InChI=1S/C15H20N4O4/c1-8(2)15(21)22-6-9-5-12(20)13(23-9)10-3-4-11-14(16)17-7-18-19(10)11/h3-4,7-9,12-13,20H,5-6H2,1-2H3,(H2,16,17,18). The number of carbonyl (C=O) groups is 1. The first-order chi connectivity index (χ1) is 11.0. The minimum absolute atomic E-state index is 0.130. The van der Waals surface area contributed by atoms with Crippen LogP contribution in [0.2, 0.25) is 0 Å². The van der Waals surface area contributed by atoms with Crippen LogP contribution >= 0.6 is 0 Å². The van der Waals surface area contributed by atoms with Crippen molar-refractivity contribution in [3.63, 3.8) is 0 Å². The van der Waals surface area contributed by atoms with Crippen LogP contribution in [0.25, 0.3) is 5.52 Å². The van der Waals surface area contributed by atoms with Crippen LogP contribution < -0.4 is 5.73 Å². The second-order valence-corrected chi connectivity index (χ2v) is 5.97. The highest BCUT2D eigenvalue weighted by Crippen LogP contribution is 2.34. The van der Waals surface area contributed by atoms with Gasteiger partial charge in [-0.2, -0.15) is 5.10 Å². The maximum atomic E-state index is 11.5. The lowest BCUT2D eigenvalue weighted by Gasteiger charge is -2.15. The van der Waals surface area contributed by atoms with Gasteiger partial charge >= 0.3 is 5.97 Å². The molecule has 3 atom stereocenters. The summed E-state index contributed by atoms with van der Waals surface area (Å²) < 4.78 is 12.6. The molecule has 23 heavy (non-hydrogen) atoms. The number of aromatic nitrogens is 3. The van der Waals surface area contributed by atoms with Crippen LogP contribution in [0.5, 0.6) is 0 Å². The number of rotatable bonds is 4. The Morgan fingerprint density at radius 1 is 1.57 bits per heavy atom. The summed E-state index contributed by atoms with van der Waals surface area (Å²) in [6.07, 6.45) is 0.155. The SMILES string of the molecule is CC(C)C(=O)OCC1CC(O)C(c2ccc3c(N)ncnn23)O1. The van der Waals surface area contributed by atoms with E-state index in [-0.39, 0.29) is 24.6 Å². The van der Waals surface area contributed by atoms with E-state index in [4.69, 9.17) is 15.2 Å².